The molecule has 2 aliphatic rings. The summed E-state index contributed by atoms with van der Waals surface area (Å²) in [6.07, 6.45) is 5.50. The highest BCUT2D eigenvalue weighted by atomic mass is 16.1. The Kier molecular flexibility index (Phi) is 6.31. The molecule has 1 saturated carbocycles. The molecule has 1 aliphatic heterocycles. The summed E-state index contributed by atoms with van der Waals surface area (Å²) >= 11 is 0. The molecule has 1 aromatic rings. The molecule has 1 saturated heterocycles. The predicted octanol–water partition coefficient (Wildman–Crippen LogP) is 2.50. The van der Waals surface area contributed by atoms with E-state index in [1.54, 1.807) is 0 Å². The van der Waals surface area contributed by atoms with Crippen molar-refractivity contribution in [3.63, 3.8) is 0 Å². The number of nitrogens with one attached hydrogen (secondary N) is 2. The van der Waals surface area contributed by atoms with Crippen LogP contribution in [0.25, 0.3) is 0 Å². The van der Waals surface area contributed by atoms with Gasteiger partial charge in [-0.2, -0.15) is 0 Å². The van der Waals surface area contributed by atoms with E-state index in [1.807, 2.05) is 30.3 Å². The molecule has 5 heteroatoms. The number of guanidine groups is 1. The molecule has 2 unspecified atom stereocenters. The summed E-state index contributed by atoms with van der Waals surface area (Å²) in [4.78, 5) is 19.2. The van der Waals surface area contributed by atoms with Crippen molar-refractivity contribution < 1.29 is 4.79 Å². The highest BCUT2D eigenvalue weighted by Crippen LogP contribution is 2.35. The average molecular weight is 342 g/mol. The summed E-state index contributed by atoms with van der Waals surface area (Å²) < 4.78 is 0. The standard InChI is InChI=1S/C20H30N4O/c1-2-21-20(24-14-17-10-6-7-11-18(17)15-24)23-13-12-22-19(25)16-8-4-3-5-9-16/h3-5,8-9,17-18H,2,6-7,10-15H2,1H3,(H,21,23)(H,22,25). The SMILES string of the molecule is CCNC(=NCCNC(=O)c1ccccc1)N1CC2CCCCC2C1. The summed E-state index contributed by atoms with van der Waals surface area (Å²) in [6, 6.07) is 9.33. The van der Waals surface area contributed by atoms with Gasteiger partial charge in [0.2, 0.25) is 0 Å². The second kappa shape index (κ2) is 8.88. The molecule has 136 valence electrons. The molecule has 5 nitrogen and oxygen atoms in total. The molecular formula is C20H30N4O. The van der Waals surface area contributed by atoms with Crippen LogP contribution >= 0.6 is 0 Å². The van der Waals surface area contributed by atoms with Crippen LogP contribution in [-0.2, 0) is 0 Å². The number of carbonyl (C=O) groups excluding carboxylic acids is 1. The topological polar surface area (TPSA) is 56.7 Å². The fourth-order valence-corrected chi connectivity index (χ4v) is 4.03. The van der Waals surface area contributed by atoms with E-state index in [-0.39, 0.29) is 5.91 Å². The third-order valence-electron chi connectivity index (χ3n) is 5.31. The molecule has 0 spiro atoms. The first-order chi connectivity index (χ1) is 12.3. The monoisotopic (exact) mass is 342 g/mol. The third kappa shape index (κ3) is 4.74. The van der Waals surface area contributed by atoms with E-state index >= 15 is 0 Å². The molecular weight excluding hydrogens is 312 g/mol. The van der Waals surface area contributed by atoms with Crippen LogP contribution in [0.5, 0.6) is 0 Å². The first-order valence-electron chi connectivity index (χ1n) is 9.64. The van der Waals surface area contributed by atoms with Crippen molar-refractivity contribution in [1.29, 1.82) is 0 Å². The van der Waals surface area contributed by atoms with Gasteiger partial charge in [0.15, 0.2) is 5.96 Å². The predicted molar refractivity (Wildman–Crippen MR) is 102 cm³/mol. The van der Waals surface area contributed by atoms with Crippen LogP contribution < -0.4 is 10.6 Å². The maximum absolute atomic E-state index is 12.1. The van der Waals surface area contributed by atoms with Crippen LogP contribution in [0.15, 0.2) is 35.3 Å². The van der Waals surface area contributed by atoms with E-state index in [2.05, 4.69) is 22.5 Å². The fraction of sp³-hybridized carbons (Fsp3) is 0.600. The Labute approximate surface area is 150 Å². The molecule has 1 amide bonds. The first kappa shape index (κ1) is 17.8. The molecule has 3 rings (SSSR count). The van der Waals surface area contributed by atoms with Crippen molar-refractivity contribution in [1.82, 2.24) is 15.5 Å². The summed E-state index contributed by atoms with van der Waals surface area (Å²) in [5.74, 6) is 2.66. The van der Waals surface area contributed by atoms with E-state index in [4.69, 9.17) is 4.99 Å². The van der Waals surface area contributed by atoms with Crippen molar-refractivity contribution >= 4 is 11.9 Å². The van der Waals surface area contributed by atoms with E-state index in [9.17, 15) is 4.79 Å². The van der Waals surface area contributed by atoms with Crippen LogP contribution in [0.4, 0.5) is 0 Å². The zero-order valence-electron chi connectivity index (χ0n) is 15.2. The number of aliphatic imine (C=N–C) groups is 1. The van der Waals surface area contributed by atoms with Crippen LogP contribution in [0, 0.1) is 11.8 Å². The minimum absolute atomic E-state index is 0.0343. The van der Waals surface area contributed by atoms with Crippen LogP contribution in [0.3, 0.4) is 0 Å². The highest BCUT2D eigenvalue weighted by molar-refractivity contribution is 5.94. The molecule has 2 fully saturated rings. The Hall–Kier alpha value is -2.04. The zero-order valence-corrected chi connectivity index (χ0v) is 15.2. The van der Waals surface area contributed by atoms with Crippen LogP contribution in [-0.4, -0.2) is 49.5 Å². The van der Waals surface area contributed by atoms with Gasteiger partial charge in [0.1, 0.15) is 0 Å². The van der Waals surface area contributed by atoms with Crippen LogP contribution in [0.1, 0.15) is 43.0 Å². The van der Waals surface area contributed by atoms with Crippen LogP contribution in [0.2, 0.25) is 0 Å². The van der Waals surface area contributed by atoms with Gasteiger partial charge in [-0.25, -0.2) is 0 Å². The van der Waals surface area contributed by atoms with E-state index in [1.165, 1.54) is 25.7 Å². The van der Waals surface area contributed by atoms with Gasteiger partial charge < -0.3 is 15.5 Å². The number of benzene rings is 1. The van der Waals surface area contributed by atoms with Crippen molar-refractivity contribution in [2.45, 2.75) is 32.6 Å². The second-order valence-corrected chi connectivity index (χ2v) is 7.07. The summed E-state index contributed by atoms with van der Waals surface area (Å²) in [6.45, 7) is 6.41. The van der Waals surface area contributed by atoms with E-state index in [0.717, 1.165) is 37.4 Å². The fourth-order valence-electron chi connectivity index (χ4n) is 4.03. The number of rotatable bonds is 5. The van der Waals surface area contributed by atoms with E-state index < -0.39 is 0 Å². The van der Waals surface area contributed by atoms with Crippen molar-refractivity contribution in [2.75, 3.05) is 32.7 Å². The van der Waals surface area contributed by atoms with E-state index in [0.29, 0.717) is 18.7 Å². The Bertz CT molecular complexity index is 573. The first-order valence-corrected chi connectivity index (χ1v) is 9.64. The Morgan fingerprint density at radius 3 is 2.44 bits per heavy atom. The number of hydrogen-bond donors (Lipinski definition) is 2. The smallest absolute Gasteiger partial charge is 0.251 e. The zero-order chi connectivity index (χ0) is 17.5. The summed E-state index contributed by atoms with van der Waals surface area (Å²) in [5, 5.41) is 6.36. The number of hydrogen-bond acceptors (Lipinski definition) is 2. The van der Waals surface area contributed by atoms with Gasteiger partial charge in [0.25, 0.3) is 5.91 Å². The third-order valence-corrected chi connectivity index (χ3v) is 5.31. The molecule has 25 heavy (non-hydrogen) atoms. The van der Waals surface area contributed by atoms with Gasteiger partial charge in [0.05, 0.1) is 6.54 Å². The summed E-state index contributed by atoms with van der Waals surface area (Å²) in [7, 11) is 0. The number of amides is 1. The molecule has 1 heterocycles. The average Bonchev–Trinajstić information content (AvgIpc) is 3.09. The molecule has 2 N–H and O–H groups in total. The highest BCUT2D eigenvalue weighted by Gasteiger charge is 2.35. The molecule has 0 aromatic heterocycles. The van der Waals surface area contributed by atoms with Gasteiger partial charge in [-0.05, 0) is 43.7 Å². The quantitative estimate of drug-likeness (QED) is 0.491. The summed E-state index contributed by atoms with van der Waals surface area (Å²) in [5.41, 5.74) is 0.696. The lowest BCUT2D eigenvalue weighted by molar-refractivity contribution is 0.0955. The van der Waals surface area contributed by atoms with Gasteiger partial charge in [-0.3, -0.25) is 9.79 Å². The molecule has 1 aromatic carbocycles. The van der Waals surface area contributed by atoms with Gasteiger partial charge >= 0.3 is 0 Å². The largest absolute Gasteiger partial charge is 0.357 e. The van der Waals surface area contributed by atoms with Gasteiger partial charge in [-0.1, -0.05) is 31.0 Å². The maximum atomic E-state index is 12.1. The number of carbonyl (C=O) groups is 1. The number of fused-ring (bicyclic) bond motifs is 1. The Morgan fingerprint density at radius 1 is 1.12 bits per heavy atom. The Balaban J connectivity index is 1.50. The Morgan fingerprint density at radius 2 is 1.80 bits per heavy atom. The number of likely N-dealkylation sites (tertiary alicyclic amines) is 1. The normalized spacial score (nSPS) is 23.2. The molecule has 0 bridgehead atoms. The lowest BCUT2D eigenvalue weighted by Gasteiger charge is -2.22. The minimum atomic E-state index is -0.0343. The lowest BCUT2D eigenvalue weighted by atomic mass is 9.82. The van der Waals surface area contributed by atoms with Crippen molar-refractivity contribution in [2.24, 2.45) is 16.8 Å². The minimum Gasteiger partial charge on any atom is -0.357 e. The number of nitrogens with zero attached hydrogens (tertiary/aromatic N) is 2. The molecule has 2 atom stereocenters. The second-order valence-electron chi connectivity index (χ2n) is 7.07. The maximum Gasteiger partial charge on any atom is 0.251 e. The molecule has 1 aliphatic carbocycles. The van der Waals surface area contributed by atoms with Crippen molar-refractivity contribution in [3.05, 3.63) is 35.9 Å². The molecule has 0 radical (unpaired) electrons. The van der Waals surface area contributed by atoms with Gasteiger partial charge in [-0.15, -0.1) is 0 Å². The van der Waals surface area contributed by atoms with Gasteiger partial charge in [0, 0.05) is 31.7 Å². The van der Waals surface area contributed by atoms with Crippen molar-refractivity contribution in [3.8, 4) is 0 Å². The lowest BCUT2D eigenvalue weighted by Crippen LogP contribution is -2.41.